The zero-order chi connectivity index (χ0) is 14.3. The van der Waals surface area contributed by atoms with Gasteiger partial charge in [0.15, 0.2) is 0 Å². The van der Waals surface area contributed by atoms with Crippen molar-refractivity contribution < 1.29 is 8.42 Å². The molecule has 0 fully saturated rings. The summed E-state index contributed by atoms with van der Waals surface area (Å²) in [7, 11) is -0.808. The van der Waals surface area contributed by atoms with Crippen molar-refractivity contribution in [2.45, 2.75) is 6.54 Å². The number of rotatable bonds is 8. The van der Waals surface area contributed by atoms with E-state index < -0.39 is 9.84 Å². The summed E-state index contributed by atoms with van der Waals surface area (Å²) in [5.41, 5.74) is 1.25. The fourth-order valence-electron chi connectivity index (χ4n) is 1.65. The average molecular weight is 349 g/mol. The second-order valence-electron chi connectivity index (χ2n) is 4.71. The highest BCUT2D eigenvalue weighted by Crippen LogP contribution is 2.16. The Balaban J connectivity index is 2.22. The van der Waals surface area contributed by atoms with Gasteiger partial charge in [0.2, 0.25) is 0 Å². The molecule has 1 N–H and O–H groups in total. The van der Waals surface area contributed by atoms with Crippen LogP contribution >= 0.6 is 15.9 Å². The zero-order valence-corrected chi connectivity index (χ0v) is 13.8. The zero-order valence-electron chi connectivity index (χ0n) is 11.4. The van der Waals surface area contributed by atoms with E-state index in [1.54, 1.807) is 0 Å². The standard InChI is InChI=1S/C13H21BrN2O2S/c1-16(9-7-15-8-10-19(2,17)18)11-12-5-3-4-6-13(12)14/h3-6,15H,7-11H2,1-2H3. The van der Waals surface area contributed by atoms with Crippen LogP contribution in [-0.4, -0.2) is 52.0 Å². The van der Waals surface area contributed by atoms with Crippen molar-refractivity contribution in [3.05, 3.63) is 34.3 Å². The molecule has 0 aliphatic rings. The first-order chi connectivity index (χ1) is 8.88. The van der Waals surface area contributed by atoms with Crippen LogP contribution in [0.15, 0.2) is 28.7 Å². The molecule has 0 aliphatic heterocycles. The van der Waals surface area contributed by atoms with Gasteiger partial charge in [-0.2, -0.15) is 0 Å². The molecule has 0 saturated carbocycles. The molecule has 0 saturated heterocycles. The summed E-state index contributed by atoms with van der Waals surface area (Å²) in [5.74, 6) is 0.195. The van der Waals surface area contributed by atoms with Gasteiger partial charge in [0, 0.05) is 36.9 Å². The molecule has 19 heavy (non-hydrogen) atoms. The van der Waals surface area contributed by atoms with E-state index in [2.05, 4.69) is 39.3 Å². The van der Waals surface area contributed by atoms with Crippen molar-refractivity contribution in [2.75, 3.05) is 38.7 Å². The number of halogens is 1. The topological polar surface area (TPSA) is 49.4 Å². The molecule has 0 aromatic heterocycles. The quantitative estimate of drug-likeness (QED) is 0.723. The van der Waals surface area contributed by atoms with Gasteiger partial charge in [-0.1, -0.05) is 34.1 Å². The lowest BCUT2D eigenvalue weighted by Crippen LogP contribution is -2.31. The molecule has 0 spiro atoms. The van der Waals surface area contributed by atoms with Gasteiger partial charge in [0.05, 0.1) is 5.75 Å². The molecular formula is C13H21BrN2O2S. The van der Waals surface area contributed by atoms with E-state index in [9.17, 15) is 8.42 Å². The van der Waals surface area contributed by atoms with Gasteiger partial charge in [0.25, 0.3) is 0 Å². The van der Waals surface area contributed by atoms with Crippen molar-refractivity contribution in [3.8, 4) is 0 Å². The van der Waals surface area contributed by atoms with Gasteiger partial charge >= 0.3 is 0 Å². The van der Waals surface area contributed by atoms with Crippen LogP contribution in [0.4, 0.5) is 0 Å². The van der Waals surface area contributed by atoms with Crippen LogP contribution in [0.3, 0.4) is 0 Å². The highest BCUT2D eigenvalue weighted by Gasteiger charge is 2.04. The van der Waals surface area contributed by atoms with Crippen LogP contribution in [0.1, 0.15) is 5.56 Å². The number of hydrogen-bond acceptors (Lipinski definition) is 4. The van der Waals surface area contributed by atoms with Crippen LogP contribution in [-0.2, 0) is 16.4 Å². The van der Waals surface area contributed by atoms with Crippen molar-refractivity contribution in [1.29, 1.82) is 0 Å². The second-order valence-corrected chi connectivity index (χ2v) is 7.82. The number of nitrogens with zero attached hydrogens (tertiary/aromatic N) is 1. The third-order valence-corrected chi connectivity index (χ3v) is 4.44. The first-order valence-electron chi connectivity index (χ1n) is 6.19. The monoisotopic (exact) mass is 348 g/mol. The minimum atomic E-state index is -2.86. The number of hydrogen-bond donors (Lipinski definition) is 1. The minimum Gasteiger partial charge on any atom is -0.314 e. The lowest BCUT2D eigenvalue weighted by molar-refractivity contribution is 0.325. The fourth-order valence-corrected chi connectivity index (χ4v) is 2.57. The maximum absolute atomic E-state index is 11.0. The van der Waals surface area contributed by atoms with E-state index in [0.717, 1.165) is 24.1 Å². The third kappa shape index (κ3) is 7.67. The van der Waals surface area contributed by atoms with Crippen LogP contribution in [0.2, 0.25) is 0 Å². The van der Waals surface area contributed by atoms with E-state index in [-0.39, 0.29) is 5.75 Å². The van der Waals surface area contributed by atoms with E-state index in [1.165, 1.54) is 11.8 Å². The van der Waals surface area contributed by atoms with Crippen LogP contribution < -0.4 is 5.32 Å². The largest absolute Gasteiger partial charge is 0.314 e. The molecule has 0 radical (unpaired) electrons. The van der Waals surface area contributed by atoms with Crippen LogP contribution in [0.5, 0.6) is 0 Å². The van der Waals surface area contributed by atoms with Gasteiger partial charge in [-0.15, -0.1) is 0 Å². The Morgan fingerprint density at radius 3 is 2.58 bits per heavy atom. The summed E-state index contributed by atoms with van der Waals surface area (Å²) in [5, 5.41) is 3.14. The maximum Gasteiger partial charge on any atom is 0.148 e. The fraction of sp³-hybridized carbons (Fsp3) is 0.538. The van der Waals surface area contributed by atoms with Crippen molar-refractivity contribution in [2.24, 2.45) is 0 Å². The average Bonchev–Trinajstić information content (AvgIpc) is 2.30. The van der Waals surface area contributed by atoms with Gasteiger partial charge in [-0.05, 0) is 18.7 Å². The smallest absolute Gasteiger partial charge is 0.148 e. The molecule has 1 aromatic carbocycles. The van der Waals surface area contributed by atoms with Crippen LogP contribution in [0, 0.1) is 0 Å². The molecule has 0 unspecified atom stereocenters. The summed E-state index contributed by atoms with van der Waals surface area (Å²) >= 11 is 3.53. The van der Waals surface area contributed by atoms with E-state index in [1.807, 2.05) is 18.2 Å². The summed E-state index contributed by atoms with van der Waals surface area (Å²) in [6, 6.07) is 8.16. The predicted octanol–water partition coefficient (Wildman–Crippen LogP) is 1.52. The molecule has 108 valence electrons. The normalized spacial score (nSPS) is 12.0. The molecular weight excluding hydrogens is 328 g/mol. The Morgan fingerprint density at radius 2 is 1.95 bits per heavy atom. The predicted molar refractivity (Wildman–Crippen MR) is 83.1 cm³/mol. The molecule has 4 nitrogen and oxygen atoms in total. The van der Waals surface area contributed by atoms with Gasteiger partial charge in [-0.25, -0.2) is 8.42 Å². The SMILES string of the molecule is CN(CCNCCS(C)(=O)=O)Cc1ccccc1Br. The Labute approximate surface area is 124 Å². The van der Waals surface area contributed by atoms with Gasteiger partial charge in [0.1, 0.15) is 9.84 Å². The summed E-state index contributed by atoms with van der Waals surface area (Å²) in [4.78, 5) is 2.20. The Morgan fingerprint density at radius 1 is 1.26 bits per heavy atom. The molecule has 6 heteroatoms. The molecule has 1 rings (SSSR count). The lowest BCUT2D eigenvalue weighted by atomic mass is 10.2. The molecule has 0 aliphatic carbocycles. The van der Waals surface area contributed by atoms with Gasteiger partial charge in [-0.3, -0.25) is 0 Å². The summed E-state index contributed by atoms with van der Waals surface area (Å²) < 4.78 is 23.0. The molecule has 0 heterocycles. The first-order valence-corrected chi connectivity index (χ1v) is 9.04. The number of sulfone groups is 1. The molecule has 0 bridgehead atoms. The summed E-state index contributed by atoms with van der Waals surface area (Å²) in [6.45, 7) is 3.05. The van der Waals surface area contributed by atoms with E-state index in [4.69, 9.17) is 0 Å². The van der Waals surface area contributed by atoms with Crippen molar-refractivity contribution >= 4 is 25.8 Å². The van der Waals surface area contributed by atoms with Gasteiger partial charge < -0.3 is 10.2 Å². The number of likely N-dealkylation sites (N-methyl/N-ethyl adjacent to an activating group) is 1. The van der Waals surface area contributed by atoms with E-state index in [0.29, 0.717) is 6.54 Å². The number of benzene rings is 1. The molecule has 0 atom stereocenters. The Hall–Kier alpha value is -0.430. The minimum absolute atomic E-state index is 0.195. The Kier molecular flexibility index (Phi) is 6.99. The first kappa shape index (κ1) is 16.6. The van der Waals surface area contributed by atoms with E-state index >= 15 is 0 Å². The molecule has 0 amide bonds. The third-order valence-electron chi connectivity index (χ3n) is 2.72. The molecule has 1 aromatic rings. The summed E-state index contributed by atoms with van der Waals surface area (Å²) in [6.07, 6.45) is 1.26. The highest BCUT2D eigenvalue weighted by molar-refractivity contribution is 9.10. The Bertz CT molecular complexity index is 491. The number of nitrogens with one attached hydrogen (secondary N) is 1. The maximum atomic E-state index is 11.0. The lowest BCUT2D eigenvalue weighted by Gasteiger charge is -2.17. The second kappa shape index (κ2) is 7.99. The van der Waals surface area contributed by atoms with Crippen molar-refractivity contribution in [1.82, 2.24) is 10.2 Å². The van der Waals surface area contributed by atoms with Crippen LogP contribution in [0.25, 0.3) is 0 Å². The highest BCUT2D eigenvalue weighted by atomic mass is 79.9. The van der Waals surface area contributed by atoms with Crippen molar-refractivity contribution in [3.63, 3.8) is 0 Å².